The van der Waals surface area contributed by atoms with Gasteiger partial charge in [-0.15, -0.1) is 0 Å². The Hall–Kier alpha value is -1.90. The maximum Gasteiger partial charge on any atom is 0.454 e. The molecule has 0 spiro atoms. The van der Waals surface area contributed by atoms with Crippen molar-refractivity contribution in [2.75, 3.05) is 37.6 Å². The number of primary amides is 1. The molecule has 0 bridgehead atoms. The van der Waals surface area contributed by atoms with Crippen LogP contribution in [0.1, 0.15) is 10.4 Å². The quantitative estimate of drug-likeness (QED) is 0.856. The summed E-state index contributed by atoms with van der Waals surface area (Å²) in [5.41, 5.74) is 6.24. The predicted molar refractivity (Wildman–Crippen MR) is 74.6 cm³/mol. The number of hydrogen-bond acceptors (Lipinski definition) is 3. The first-order valence-corrected chi connectivity index (χ1v) is 6.92. The SMILES string of the molecule is NC(=O)c1ccc(N2CCN(CC(F)(F)C(F)(F)F)CC2)cc1. The van der Waals surface area contributed by atoms with E-state index < -0.39 is 24.6 Å². The lowest BCUT2D eigenvalue weighted by Crippen LogP contribution is -2.53. The molecule has 23 heavy (non-hydrogen) atoms. The largest absolute Gasteiger partial charge is 0.454 e. The van der Waals surface area contributed by atoms with Gasteiger partial charge in [0.1, 0.15) is 0 Å². The first kappa shape index (κ1) is 17.5. The summed E-state index contributed by atoms with van der Waals surface area (Å²) >= 11 is 0. The molecule has 128 valence electrons. The van der Waals surface area contributed by atoms with E-state index in [-0.39, 0.29) is 13.1 Å². The summed E-state index contributed by atoms with van der Waals surface area (Å²) in [6, 6.07) is 6.42. The van der Waals surface area contributed by atoms with Gasteiger partial charge < -0.3 is 10.6 Å². The van der Waals surface area contributed by atoms with E-state index in [4.69, 9.17) is 5.73 Å². The minimum Gasteiger partial charge on any atom is -0.369 e. The normalized spacial score (nSPS) is 17.3. The third-order valence-electron chi connectivity index (χ3n) is 3.73. The van der Waals surface area contributed by atoms with Crippen LogP contribution in [0, 0.1) is 0 Å². The molecule has 1 saturated heterocycles. The molecule has 0 radical (unpaired) electrons. The molecular formula is C14H16F5N3O. The van der Waals surface area contributed by atoms with E-state index in [1.165, 1.54) is 0 Å². The number of alkyl halides is 5. The van der Waals surface area contributed by atoms with Gasteiger partial charge in [0.25, 0.3) is 0 Å². The lowest BCUT2D eigenvalue weighted by Gasteiger charge is -2.37. The van der Waals surface area contributed by atoms with Crippen molar-refractivity contribution in [2.24, 2.45) is 5.73 Å². The maximum absolute atomic E-state index is 13.0. The number of halogens is 5. The fourth-order valence-corrected chi connectivity index (χ4v) is 2.37. The molecule has 4 nitrogen and oxygen atoms in total. The van der Waals surface area contributed by atoms with Crippen LogP contribution in [0.15, 0.2) is 24.3 Å². The molecule has 0 aromatic heterocycles. The van der Waals surface area contributed by atoms with Gasteiger partial charge >= 0.3 is 12.1 Å². The van der Waals surface area contributed by atoms with Crippen molar-refractivity contribution in [3.8, 4) is 0 Å². The molecule has 1 aliphatic rings. The van der Waals surface area contributed by atoms with Gasteiger partial charge in [0.05, 0.1) is 6.54 Å². The average molecular weight is 337 g/mol. The standard InChI is InChI=1S/C14H16F5N3O/c15-13(16,14(17,18)19)9-21-5-7-22(8-6-21)11-3-1-10(2-4-11)12(20)23/h1-4H,5-9H2,(H2,20,23). The highest BCUT2D eigenvalue weighted by Gasteiger charge is 2.58. The molecule has 0 saturated carbocycles. The number of anilines is 1. The van der Waals surface area contributed by atoms with Crippen LogP contribution in [0.2, 0.25) is 0 Å². The average Bonchev–Trinajstić information content (AvgIpc) is 2.46. The second kappa shape index (κ2) is 6.31. The molecule has 1 aromatic carbocycles. The predicted octanol–water partition coefficient (Wildman–Crippen LogP) is 2.11. The summed E-state index contributed by atoms with van der Waals surface area (Å²) in [6.07, 6.45) is -5.53. The van der Waals surface area contributed by atoms with Gasteiger partial charge in [0, 0.05) is 37.4 Å². The first-order chi connectivity index (χ1) is 10.6. The summed E-state index contributed by atoms with van der Waals surface area (Å²) in [5.74, 6) is -5.27. The second-order valence-corrected chi connectivity index (χ2v) is 5.38. The Morgan fingerprint density at radius 2 is 1.52 bits per heavy atom. The van der Waals surface area contributed by atoms with Gasteiger partial charge in [-0.3, -0.25) is 9.69 Å². The number of nitrogens with zero attached hydrogens (tertiary/aromatic N) is 2. The van der Waals surface area contributed by atoms with Crippen LogP contribution in [0.5, 0.6) is 0 Å². The lowest BCUT2D eigenvalue weighted by atomic mass is 10.1. The number of benzene rings is 1. The summed E-state index contributed by atoms with van der Waals surface area (Å²) in [4.78, 5) is 13.9. The van der Waals surface area contributed by atoms with E-state index in [0.717, 1.165) is 10.6 Å². The van der Waals surface area contributed by atoms with Crippen LogP contribution in [0.4, 0.5) is 27.6 Å². The Balaban J connectivity index is 1.92. The number of amides is 1. The van der Waals surface area contributed by atoms with Gasteiger partial charge in [0.2, 0.25) is 5.91 Å². The third-order valence-corrected chi connectivity index (χ3v) is 3.73. The van der Waals surface area contributed by atoms with Crippen LogP contribution < -0.4 is 10.6 Å². The third kappa shape index (κ3) is 4.10. The highest BCUT2D eigenvalue weighted by atomic mass is 19.4. The zero-order valence-corrected chi connectivity index (χ0v) is 12.1. The van der Waals surface area contributed by atoms with E-state index in [9.17, 15) is 26.7 Å². The van der Waals surface area contributed by atoms with E-state index in [1.54, 1.807) is 24.3 Å². The fraction of sp³-hybridized carbons (Fsp3) is 0.500. The number of carbonyl (C=O) groups excluding carboxylic acids is 1. The van der Waals surface area contributed by atoms with Gasteiger partial charge in [0.15, 0.2) is 0 Å². The highest BCUT2D eigenvalue weighted by molar-refractivity contribution is 5.93. The number of piperazine rings is 1. The lowest BCUT2D eigenvalue weighted by molar-refractivity contribution is -0.286. The van der Waals surface area contributed by atoms with E-state index in [1.807, 2.05) is 4.90 Å². The van der Waals surface area contributed by atoms with Crippen LogP contribution >= 0.6 is 0 Å². The van der Waals surface area contributed by atoms with Crippen molar-refractivity contribution in [1.82, 2.24) is 4.90 Å². The van der Waals surface area contributed by atoms with Gasteiger partial charge in [-0.25, -0.2) is 0 Å². The molecule has 1 fully saturated rings. The number of rotatable bonds is 4. The number of carbonyl (C=O) groups is 1. The van der Waals surface area contributed by atoms with Crippen LogP contribution in [-0.2, 0) is 0 Å². The summed E-state index contributed by atoms with van der Waals surface area (Å²) in [7, 11) is 0. The Morgan fingerprint density at radius 3 is 1.96 bits per heavy atom. The Kier molecular flexibility index (Phi) is 4.79. The highest BCUT2D eigenvalue weighted by Crippen LogP contribution is 2.36. The molecule has 0 atom stereocenters. The molecule has 1 heterocycles. The zero-order chi connectivity index (χ0) is 17.3. The van der Waals surface area contributed by atoms with Crippen LogP contribution in [0.3, 0.4) is 0 Å². The molecule has 1 aliphatic heterocycles. The molecule has 0 aliphatic carbocycles. The first-order valence-electron chi connectivity index (χ1n) is 6.92. The van der Waals surface area contributed by atoms with Gasteiger partial charge in [-0.2, -0.15) is 22.0 Å². The summed E-state index contributed by atoms with van der Waals surface area (Å²) in [6.45, 7) is -0.481. The van der Waals surface area contributed by atoms with Crippen molar-refractivity contribution in [3.05, 3.63) is 29.8 Å². The second-order valence-electron chi connectivity index (χ2n) is 5.38. The zero-order valence-electron chi connectivity index (χ0n) is 12.1. The Bertz CT molecular complexity index is 551. The summed E-state index contributed by atoms with van der Waals surface area (Å²) in [5, 5.41) is 0. The molecule has 2 rings (SSSR count). The van der Waals surface area contributed by atoms with Crippen LogP contribution in [0.25, 0.3) is 0 Å². The van der Waals surface area contributed by atoms with Crippen molar-refractivity contribution < 1.29 is 26.7 Å². The minimum atomic E-state index is -5.53. The van der Waals surface area contributed by atoms with E-state index in [2.05, 4.69) is 0 Å². The summed E-state index contributed by atoms with van der Waals surface area (Å²) < 4.78 is 62.7. The van der Waals surface area contributed by atoms with Crippen molar-refractivity contribution in [3.63, 3.8) is 0 Å². The molecule has 0 unspecified atom stereocenters. The molecule has 1 amide bonds. The number of hydrogen-bond donors (Lipinski definition) is 1. The van der Waals surface area contributed by atoms with Crippen LogP contribution in [-0.4, -0.2) is 55.6 Å². The van der Waals surface area contributed by atoms with Gasteiger partial charge in [-0.05, 0) is 24.3 Å². The van der Waals surface area contributed by atoms with Gasteiger partial charge in [-0.1, -0.05) is 0 Å². The molecular weight excluding hydrogens is 321 g/mol. The molecule has 2 N–H and O–H groups in total. The van der Waals surface area contributed by atoms with Crippen molar-refractivity contribution in [1.29, 1.82) is 0 Å². The molecule has 9 heteroatoms. The van der Waals surface area contributed by atoms with Crippen molar-refractivity contribution in [2.45, 2.75) is 12.1 Å². The van der Waals surface area contributed by atoms with E-state index >= 15 is 0 Å². The topological polar surface area (TPSA) is 49.6 Å². The Morgan fingerprint density at radius 1 is 1.00 bits per heavy atom. The monoisotopic (exact) mass is 337 g/mol. The smallest absolute Gasteiger partial charge is 0.369 e. The number of nitrogens with two attached hydrogens (primary N) is 1. The fourth-order valence-electron chi connectivity index (χ4n) is 2.37. The molecule has 1 aromatic rings. The van der Waals surface area contributed by atoms with E-state index in [0.29, 0.717) is 18.7 Å². The van der Waals surface area contributed by atoms with Crippen molar-refractivity contribution >= 4 is 11.6 Å². The maximum atomic E-state index is 13.0. The Labute approximate surface area is 129 Å². The minimum absolute atomic E-state index is 0.100.